The maximum Gasteiger partial charge on any atom is 0.306 e. The van der Waals surface area contributed by atoms with E-state index < -0.39 is 6.10 Å². The third-order valence-corrected chi connectivity index (χ3v) is 9.19. The third kappa shape index (κ3) is 38.8. The van der Waals surface area contributed by atoms with Crippen LogP contribution in [0.5, 0.6) is 0 Å². The molecule has 0 spiro atoms. The van der Waals surface area contributed by atoms with Gasteiger partial charge in [0.2, 0.25) is 0 Å². The molecule has 5 nitrogen and oxygen atoms in total. The standard InChI is InChI=1S/C44H80O5/c1-3-5-7-9-11-13-14-15-16-17-18-19-20-21-22-23-24-25-26-27-28-29-30-31-33-35-37-39-44(47)49-42(40-45)41-48-43(46)38-36-34-32-12-10-8-6-4-2/h14-15,17-18,20-21,42,45H,3-13,16,19,22-41H2,1-2H3/b15-14-,18-17-,21-20-. The van der Waals surface area contributed by atoms with Gasteiger partial charge in [-0.15, -0.1) is 0 Å². The predicted octanol–water partition coefficient (Wildman–Crippen LogP) is 13.2. The molecule has 0 saturated carbocycles. The molecule has 0 aliphatic rings. The molecule has 0 aromatic heterocycles. The number of hydrogen-bond acceptors (Lipinski definition) is 5. The molecule has 286 valence electrons. The quantitative estimate of drug-likeness (QED) is 0.0397. The van der Waals surface area contributed by atoms with Crippen molar-refractivity contribution in [2.45, 2.75) is 219 Å². The zero-order chi connectivity index (χ0) is 35.7. The number of allylic oxidation sites excluding steroid dienone is 6. The van der Waals surface area contributed by atoms with Crippen LogP contribution in [0.25, 0.3) is 0 Å². The minimum atomic E-state index is -0.767. The number of esters is 2. The van der Waals surface area contributed by atoms with Gasteiger partial charge in [0.05, 0.1) is 6.61 Å². The van der Waals surface area contributed by atoms with E-state index in [-0.39, 0.29) is 25.2 Å². The minimum absolute atomic E-state index is 0.0641. The van der Waals surface area contributed by atoms with E-state index in [2.05, 4.69) is 50.3 Å². The Labute approximate surface area is 304 Å². The highest BCUT2D eigenvalue weighted by Crippen LogP contribution is 2.14. The van der Waals surface area contributed by atoms with Crippen molar-refractivity contribution in [3.05, 3.63) is 36.5 Å². The molecule has 0 aromatic carbocycles. The lowest BCUT2D eigenvalue weighted by molar-refractivity contribution is -0.161. The van der Waals surface area contributed by atoms with Crippen molar-refractivity contribution in [3.8, 4) is 0 Å². The van der Waals surface area contributed by atoms with Gasteiger partial charge in [0, 0.05) is 12.8 Å². The van der Waals surface area contributed by atoms with Gasteiger partial charge in [-0.1, -0.05) is 185 Å². The Morgan fingerprint density at radius 1 is 0.469 bits per heavy atom. The Balaban J connectivity index is 3.48. The molecule has 5 heteroatoms. The number of aliphatic hydroxyl groups excluding tert-OH is 1. The summed E-state index contributed by atoms with van der Waals surface area (Å²) in [5.74, 6) is -0.593. The van der Waals surface area contributed by atoms with Crippen LogP contribution in [-0.2, 0) is 19.1 Å². The second-order valence-corrected chi connectivity index (χ2v) is 14.1. The first kappa shape index (κ1) is 47.1. The Bertz CT molecular complexity index is 786. The normalized spacial score (nSPS) is 12.5. The second-order valence-electron chi connectivity index (χ2n) is 14.1. The summed E-state index contributed by atoms with van der Waals surface area (Å²) < 4.78 is 10.6. The van der Waals surface area contributed by atoms with Crippen LogP contribution in [0.3, 0.4) is 0 Å². The van der Waals surface area contributed by atoms with Gasteiger partial charge >= 0.3 is 11.9 Å². The van der Waals surface area contributed by atoms with Gasteiger partial charge in [-0.3, -0.25) is 9.59 Å². The summed E-state index contributed by atoms with van der Waals surface area (Å²) in [6.45, 7) is 4.09. The average molecular weight is 689 g/mol. The molecule has 0 rings (SSSR count). The van der Waals surface area contributed by atoms with Gasteiger partial charge < -0.3 is 14.6 Å². The van der Waals surface area contributed by atoms with Crippen LogP contribution < -0.4 is 0 Å². The number of carbonyl (C=O) groups is 2. The summed E-state index contributed by atoms with van der Waals surface area (Å²) >= 11 is 0. The van der Waals surface area contributed by atoms with Crippen molar-refractivity contribution in [2.24, 2.45) is 0 Å². The van der Waals surface area contributed by atoms with E-state index >= 15 is 0 Å². The summed E-state index contributed by atoms with van der Waals surface area (Å²) in [7, 11) is 0. The Kier molecular flexibility index (Phi) is 39.0. The average Bonchev–Trinajstić information content (AvgIpc) is 3.10. The SMILES string of the molecule is CCCCCCC/C=C\C/C=C\C/C=C\CCCCCCCCCCCCCCC(=O)OC(CO)COC(=O)CCCCCCCCCC. The highest BCUT2D eigenvalue weighted by molar-refractivity contribution is 5.70. The van der Waals surface area contributed by atoms with Crippen LogP contribution >= 0.6 is 0 Å². The Morgan fingerprint density at radius 3 is 1.22 bits per heavy atom. The van der Waals surface area contributed by atoms with E-state index in [0.29, 0.717) is 12.8 Å². The summed E-state index contributed by atoms with van der Waals surface area (Å²) in [6.07, 6.45) is 49.4. The molecule has 0 bridgehead atoms. The van der Waals surface area contributed by atoms with Crippen LogP contribution in [0, 0.1) is 0 Å². The topological polar surface area (TPSA) is 72.8 Å². The number of rotatable bonds is 38. The molecular weight excluding hydrogens is 608 g/mol. The summed E-state index contributed by atoms with van der Waals surface area (Å²) in [5.41, 5.74) is 0. The molecule has 0 saturated heterocycles. The van der Waals surface area contributed by atoms with Crippen LogP contribution in [0.15, 0.2) is 36.5 Å². The fourth-order valence-corrected chi connectivity index (χ4v) is 5.97. The molecule has 0 aliphatic heterocycles. The van der Waals surface area contributed by atoms with E-state index in [4.69, 9.17) is 9.47 Å². The van der Waals surface area contributed by atoms with Gasteiger partial charge in [-0.05, 0) is 51.4 Å². The second kappa shape index (κ2) is 40.5. The Morgan fingerprint density at radius 2 is 0.816 bits per heavy atom. The number of carbonyl (C=O) groups excluding carboxylic acids is 2. The van der Waals surface area contributed by atoms with Crippen molar-refractivity contribution in [2.75, 3.05) is 13.2 Å². The molecule has 0 radical (unpaired) electrons. The Hall–Kier alpha value is -1.88. The zero-order valence-corrected chi connectivity index (χ0v) is 32.5. The van der Waals surface area contributed by atoms with Gasteiger partial charge in [0.15, 0.2) is 6.10 Å². The fourth-order valence-electron chi connectivity index (χ4n) is 5.97. The lowest BCUT2D eigenvalue weighted by Gasteiger charge is -2.15. The molecule has 1 atom stereocenters. The van der Waals surface area contributed by atoms with Crippen LogP contribution in [0.2, 0.25) is 0 Å². The van der Waals surface area contributed by atoms with Crippen LogP contribution in [-0.4, -0.2) is 36.4 Å². The smallest absolute Gasteiger partial charge is 0.306 e. The highest BCUT2D eigenvalue weighted by Gasteiger charge is 2.16. The van der Waals surface area contributed by atoms with Gasteiger partial charge in [-0.25, -0.2) is 0 Å². The number of ether oxygens (including phenoxy) is 2. The van der Waals surface area contributed by atoms with Gasteiger partial charge in [0.25, 0.3) is 0 Å². The van der Waals surface area contributed by atoms with E-state index in [1.807, 2.05) is 0 Å². The molecule has 1 unspecified atom stereocenters. The first-order chi connectivity index (χ1) is 24.1. The van der Waals surface area contributed by atoms with E-state index in [9.17, 15) is 14.7 Å². The first-order valence-electron chi connectivity index (χ1n) is 21.0. The third-order valence-electron chi connectivity index (χ3n) is 9.19. The van der Waals surface area contributed by atoms with Gasteiger partial charge in [-0.2, -0.15) is 0 Å². The van der Waals surface area contributed by atoms with Crippen LogP contribution in [0.1, 0.15) is 213 Å². The van der Waals surface area contributed by atoms with E-state index in [1.165, 1.54) is 135 Å². The zero-order valence-electron chi connectivity index (χ0n) is 32.5. The largest absolute Gasteiger partial charge is 0.462 e. The van der Waals surface area contributed by atoms with Gasteiger partial charge in [0.1, 0.15) is 6.61 Å². The number of aliphatic hydroxyl groups is 1. The summed E-state index contributed by atoms with van der Waals surface area (Å²) in [4.78, 5) is 24.1. The van der Waals surface area contributed by atoms with Crippen molar-refractivity contribution in [3.63, 3.8) is 0 Å². The highest BCUT2D eigenvalue weighted by atomic mass is 16.6. The molecule has 0 heterocycles. The van der Waals surface area contributed by atoms with Crippen molar-refractivity contribution >= 4 is 11.9 Å². The maximum atomic E-state index is 12.2. The van der Waals surface area contributed by atoms with E-state index in [1.54, 1.807) is 0 Å². The van der Waals surface area contributed by atoms with E-state index in [0.717, 1.165) is 51.4 Å². The molecular formula is C44H80O5. The van der Waals surface area contributed by atoms with Crippen molar-refractivity contribution in [1.29, 1.82) is 0 Å². The van der Waals surface area contributed by atoms with Crippen molar-refractivity contribution < 1.29 is 24.2 Å². The minimum Gasteiger partial charge on any atom is -0.462 e. The molecule has 0 fully saturated rings. The fraction of sp³-hybridized carbons (Fsp3) is 0.818. The number of unbranched alkanes of at least 4 members (excludes halogenated alkanes) is 24. The molecule has 0 aliphatic carbocycles. The monoisotopic (exact) mass is 689 g/mol. The predicted molar refractivity (Wildman–Crippen MR) is 210 cm³/mol. The molecule has 49 heavy (non-hydrogen) atoms. The first-order valence-corrected chi connectivity index (χ1v) is 21.0. The molecule has 1 N–H and O–H groups in total. The van der Waals surface area contributed by atoms with Crippen molar-refractivity contribution in [1.82, 2.24) is 0 Å². The lowest BCUT2D eigenvalue weighted by Crippen LogP contribution is -2.28. The maximum absolute atomic E-state index is 12.2. The molecule has 0 amide bonds. The lowest BCUT2D eigenvalue weighted by atomic mass is 10.0. The number of hydrogen-bond donors (Lipinski definition) is 1. The molecule has 0 aromatic rings. The van der Waals surface area contributed by atoms with Crippen LogP contribution in [0.4, 0.5) is 0 Å². The summed E-state index contributed by atoms with van der Waals surface area (Å²) in [6, 6.07) is 0. The summed E-state index contributed by atoms with van der Waals surface area (Å²) in [5, 5.41) is 9.52.